The second-order valence-corrected chi connectivity index (χ2v) is 4.16. The summed E-state index contributed by atoms with van der Waals surface area (Å²) in [7, 11) is 0. The van der Waals surface area contributed by atoms with Crippen molar-refractivity contribution in [2.75, 3.05) is 13.1 Å². The molecule has 1 nitrogen and oxygen atoms in total. The lowest BCUT2D eigenvalue weighted by molar-refractivity contribution is 0.185. The van der Waals surface area contributed by atoms with Gasteiger partial charge in [-0.1, -0.05) is 6.07 Å². The summed E-state index contributed by atoms with van der Waals surface area (Å²) in [5.74, 6) is -1.62. The fraction of sp³-hybridized carbons (Fsp3) is 0.500. The van der Waals surface area contributed by atoms with Crippen LogP contribution in [0.25, 0.3) is 0 Å². The van der Waals surface area contributed by atoms with Crippen molar-refractivity contribution >= 4 is 0 Å². The fourth-order valence-corrected chi connectivity index (χ4v) is 2.12. The third kappa shape index (κ3) is 2.38. The molecule has 0 radical (unpaired) electrons. The highest BCUT2D eigenvalue weighted by molar-refractivity contribution is 5.21. The maximum Gasteiger partial charge on any atom is 0.132 e. The number of hydrogen-bond donors (Lipinski definition) is 1. The van der Waals surface area contributed by atoms with Crippen LogP contribution >= 0.6 is 0 Å². The van der Waals surface area contributed by atoms with Gasteiger partial charge >= 0.3 is 0 Å². The highest BCUT2D eigenvalue weighted by Crippen LogP contribution is 2.33. The number of halogens is 3. The van der Waals surface area contributed by atoms with E-state index in [2.05, 4.69) is 5.32 Å². The summed E-state index contributed by atoms with van der Waals surface area (Å²) in [4.78, 5) is 0. The van der Waals surface area contributed by atoms with E-state index in [4.69, 9.17) is 0 Å². The molecule has 1 aliphatic heterocycles. The smallest absolute Gasteiger partial charge is 0.132 e. The summed E-state index contributed by atoms with van der Waals surface area (Å²) >= 11 is 0. The molecule has 1 saturated heterocycles. The van der Waals surface area contributed by atoms with E-state index in [1.165, 1.54) is 6.07 Å². The lowest BCUT2D eigenvalue weighted by atomic mass is 9.89. The molecule has 1 aromatic carbocycles. The Bertz CT molecular complexity index is 361. The summed E-state index contributed by atoms with van der Waals surface area (Å²) in [5.41, 5.74) is -0.0201. The van der Waals surface area contributed by atoms with Crippen LogP contribution in [0.2, 0.25) is 0 Å². The van der Waals surface area contributed by atoms with Crippen molar-refractivity contribution in [1.29, 1.82) is 0 Å². The van der Waals surface area contributed by atoms with Gasteiger partial charge in [-0.25, -0.2) is 13.2 Å². The first-order valence-electron chi connectivity index (χ1n) is 5.48. The molecule has 1 N–H and O–H groups in total. The number of hydrogen-bond acceptors (Lipinski definition) is 1. The van der Waals surface area contributed by atoms with Crippen molar-refractivity contribution in [2.45, 2.75) is 19.0 Å². The summed E-state index contributed by atoms with van der Waals surface area (Å²) < 4.78 is 40.1. The van der Waals surface area contributed by atoms with Gasteiger partial charge in [0.25, 0.3) is 0 Å². The van der Waals surface area contributed by atoms with E-state index in [9.17, 15) is 13.2 Å². The monoisotopic (exact) mass is 229 g/mol. The van der Waals surface area contributed by atoms with Gasteiger partial charge in [0, 0.05) is 11.6 Å². The van der Waals surface area contributed by atoms with Crippen molar-refractivity contribution in [3.63, 3.8) is 0 Å². The van der Waals surface area contributed by atoms with E-state index in [0.29, 0.717) is 12.8 Å². The first kappa shape index (κ1) is 11.5. The normalized spacial score (nSPS) is 19.7. The summed E-state index contributed by atoms with van der Waals surface area (Å²) in [6.45, 7) is 1.52. The van der Waals surface area contributed by atoms with E-state index in [0.717, 1.165) is 25.2 Å². The fourth-order valence-electron chi connectivity index (χ4n) is 2.12. The molecule has 0 amide bonds. The molecule has 0 aromatic heterocycles. The molecule has 0 unspecified atom stereocenters. The predicted octanol–water partition coefficient (Wildman–Crippen LogP) is 2.98. The van der Waals surface area contributed by atoms with E-state index in [1.807, 2.05) is 0 Å². The Hall–Kier alpha value is -1.03. The van der Waals surface area contributed by atoms with Crippen LogP contribution in [0.1, 0.15) is 24.6 Å². The topological polar surface area (TPSA) is 12.0 Å². The van der Waals surface area contributed by atoms with Crippen molar-refractivity contribution in [3.8, 4) is 0 Å². The van der Waals surface area contributed by atoms with Crippen LogP contribution in [0.4, 0.5) is 13.2 Å². The van der Waals surface area contributed by atoms with Crippen molar-refractivity contribution in [2.24, 2.45) is 5.92 Å². The van der Waals surface area contributed by atoms with Crippen LogP contribution in [0.5, 0.6) is 0 Å². The van der Waals surface area contributed by atoms with Crippen LogP contribution in [0.3, 0.4) is 0 Å². The van der Waals surface area contributed by atoms with Gasteiger partial charge in [-0.05, 0) is 37.9 Å². The van der Waals surface area contributed by atoms with Gasteiger partial charge < -0.3 is 5.32 Å². The van der Waals surface area contributed by atoms with Crippen LogP contribution in [0.15, 0.2) is 18.2 Å². The molecule has 0 saturated carbocycles. The molecular formula is C12H14F3N. The van der Waals surface area contributed by atoms with E-state index in [-0.39, 0.29) is 11.5 Å². The van der Waals surface area contributed by atoms with E-state index >= 15 is 0 Å². The highest BCUT2D eigenvalue weighted by atomic mass is 19.1. The molecule has 1 heterocycles. The number of piperidine rings is 1. The minimum atomic E-state index is -1.33. The van der Waals surface area contributed by atoms with Gasteiger partial charge in [0.2, 0.25) is 0 Å². The molecule has 0 bridgehead atoms. The van der Waals surface area contributed by atoms with Crippen molar-refractivity contribution < 1.29 is 13.2 Å². The summed E-state index contributed by atoms with van der Waals surface area (Å²) in [6, 6.07) is 3.05. The number of benzene rings is 1. The second-order valence-electron chi connectivity index (χ2n) is 4.16. The van der Waals surface area contributed by atoms with Gasteiger partial charge in [0.1, 0.15) is 17.8 Å². The van der Waals surface area contributed by atoms with Crippen LogP contribution < -0.4 is 5.32 Å². The zero-order valence-corrected chi connectivity index (χ0v) is 8.85. The van der Waals surface area contributed by atoms with E-state index < -0.39 is 17.8 Å². The Morgan fingerprint density at radius 1 is 1.19 bits per heavy atom. The lowest BCUT2D eigenvalue weighted by Crippen LogP contribution is -2.30. The standard InChI is InChI=1S/C12H14F3N/c13-9-1-2-10(11(14)7-9)12(15)8-3-5-16-6-4-8/h1-2,7-8,12,16H,3-6H2/t12-/m1/s1. The SMILES string of the molecule is Fc1ccc([C@H](F)C2CCNCC2)c(F)c1. The average molecular weight is 229 g/mol. The Morgan fingerprint density at radius 3 is 2.50 bits per heavy atom. The first-order valence-corrected chi connectivity index (χ1v) is 5.48. The Kier molecular flexibility index (Phi) is 3.49. The largest absolute Gasteiger partial charge is 0.317 e. The molecule has 1 aliphatic rings. The first-order chi connectivity index (χ1) is 7.68. The van der Waals surface area contributed by atoms with Gasteiger partial charge in [-0.2, -0.15) is 0 Å². The molecule has 4 heteroatoms. The molecule has 0 spiro atoms. The maximum atomic E-state index is 14.0. The quantitative estimate of drug-likeness (QED) is 0.822. The summed E-state index contributed by atoms with van der Waals surface area (Å²) in [6.07, 6.45) is 0.0541. The molecule has 0 aliphatic carbocycles. The zero-order chi connectivity index (χ0) is 11.5. The van der Waals surface area contributed by atoms with Gasteiger partial charge in [-0.3, -0.25) is 0 Å². The van der Waals surface area contributed by atoms with Gasteiger partial charge in [-0.15, -0.1) is 0 Å². The number of alkyl halides is 1. The van der Waals surface area contributed by atoms with Gasteiger partial charge in [0.15, 0.2) is 0 Å². The third-order valence-electron chi connectivity index (χ3n) is 3.06. The van der Waals surface area contributed by atoms with E-state index in [1.54, 1.807) is 0 Å². The van der Waals surface area contributed by atoms with Crippen LogP contribution in [-0.2, 0) is 0 Å². The molecule has 1 fully saturated rings. The molecule has 16 heavy (non-hydrogen) atoms. The van der Waals surface area contributed by atoms with Crippen molar-refractivity contribution in [1.82, 2.24) is 5.32 Å². The summed E-state index contributed by atoms with van der Waals surface area (Å²) in [5, 5.41) is 3.12. The minimum absolute atomic E-state index is 0.0201. The predicted molar refractivity (Wildman–Crippen MR) is 55.8 cm³/mol. The zero-order valence-electron chi connectivity index (χ0n) is 8.85. The van der Waals surface area contributed by atoms with Crippen molar-refractivity contribution in [3.05, 3.63) is 35.4 Å². The molecule has 1 aromatic rings. The Labute approximate surface area is 92.7 Å². The second kappa shape index (κ2) is 4.87. The molecular weight excluding hydrogens is 215 g/mol. The average Bonchev–Trinajstić information content (AvgIpc) is 2.29. The number of rotatable bonds is 2. The minimum Gasteiger partial charge on any atom is -0.317 e. The lowest BCUT2D eigenvalue weighted by Gasteiger charge is -2.26. The maximum absolute atomic E-state index is 14.0. The number of nitrogens with one attached hydrogen (secondary N) is 1. The molecule has 1 atom stereocenters. The Balaban J connectivity index is 2.15. The van der Waals surface area contributed by atoms with Gasteiger partial charge in [0.05, 0.1) is 0 Å². The highest BCUT2D eigenvalue weighted by Gasteiger charge is 2.26. The van der Waals surface area contributed by atoms with Crippen LogP contribution in [-0.4, -0.2) is 13.1 Å². The third-order valence-corrected chi connectivity index (χ3v) is 3.06. The molecule has 88 valence electrons. The Morgan fingerprint density at radius 2 is 1.88 bits per heavy atom. The van der Waals surface area contributed by atoms with Crippen LogP contribution in [0, 0.1) is 17.6 Å². The molecule has 2 rings (SSSR count).